The Morgan fingerprint density at radius 2 is 2.38 bits per heavy atom. The molecule has 13 heavy (non-hydrogen) atoms. The summed E-state index contributed by atoms with van der Waals surface area (Å²) in [7, 11) is 0. The molecule has 0 aliphatic carbocycles. The van der Waals surface area contributed by atoms with Crippen LogP contribution in [0.2, 0.25) is 0 Å². The number of fused-ring (bicyclic) bond motifs is 1. The molecule has 0 saturated carbocycles. The van der Waals surface area contributed by atoms with Crippen LogP contribution in [0.4, 0.5) is 0 Å². The summed E-state index contributed by atoms with van der Waals surface area (Å²) >= 11 is 3.54. The Morgan fingerprint density at radius 3 is 3.08 bits per heavy atom. The summed E-state index contributed by atoms with van der Waals surface area (Å²) in [6.07, 6.45) is 0.324. The van der Waals surface area contributed by atoms with Gasteiger partial charge in [0.1, 0.15) is 10.4 Å². The average Bonchev–Trinajstić information content (AvgIpc) is 2.51. The molecule has 0 unspecified atom stereocenters. The maximum absolute atomic E-state index is 10.8. The Balaban J connectivity index is 2.09. The highest BCUT2D eigenvalue weighted by Crippen LogP contribution is 2.44. The fraction of sp³-hybridized carbons (Fsp3) is 0.875. The number of alkyl halides is 1. The summed E-state index contributed by atoms with van der Waals surface area (Å²) in [6, 6.07) is 0. The summed E-state index contributed by atoms with van der Waals surface area (Å²) in [4.78, 5) is 10.8. The third kappa shape index (κ3) is 1.49. The van der Waals surface area contributed by atoms with Crippen LogP contribution in [0, 0.1) is 0 Å². The van der Waals surface area contributed by atoms with Gasteiger partial charge in [-0.15, -0.1) is 0 Å². The lowest BCUT2D eigenvalue weighted by atomic mass is 10.0. The predicted octanol–water partition coefficient (Wildman–Crippen LogP) is 0.828. The van der Waals surface area contributed by atoms with Gasteiger partial charge in [-0.05, 0) is 6.42 Å². The van der Waals surface area contributed by atoms with Crippen molar-refractivity contribution in [3.8, 4) is 0 Å². The summed E-state index contributed by atoms with van der Waals surface area (Å²) in [5.74, 6) is -0.278. The van der Waals surface area contributed by atoms with Gasteiger partial charge in [0.2, 0.25) is 0 Å². The average molecular weight is 251 g/mol. The van der Waals surface area contributed by atoms with Gasteiger partial charge in [0.15, 0.2) is 6.29 Å². The van der Waals surface area contributed by atoms with E-state index in [2.05, 4.69) is 15.9 Å². The van der Waals surface area contributed by atoms with Crippen LogP contribution >= 0.6 is 15.9 Å². The molecule has 0 aromatic heterocycles. The highest BCUT2D eigenvalue weighted by molar-refractivity contribution is 9.10. The number of rotatable bonds is 1. The van der Waals surface area contributed by atoms with Gasteiger partial charge in [-0.3, -0.25) is 4.79 Å². The molecule has 3 atom stereocenters. The van der Waals surface area contributed by atoms with E-state index >= 15 is 0 Å². The standard InChI is InChI=1S/C8H11BrO4/c1-5(10)13-6-4-12-7-8(6,9)2-3-11-7/h6-7H,2-4H2,1H3/t6-,7+,8+/m1/s1. The highest BCUT2D eigenvalue weighted by atomic mass is 79.9. The number of esters is 1. The number of ether oxygens (including phenoxy) is 3. The Hall–Kier alpha value is -0.130. The molecule has 74 valence electrons. The second kappa shape index (κ2) is 3.22. The van der Waals surface area contributed by atoms with E-state index in [1.54, 1.807) is 0 Å². The van der Waals surface area contributed by atoms with Gasteiger partial charge in [0.05, 0.1) is 13.2 Å². The van der Waals surface area contributed by atoms with Crippen molar-refractivity contribution in [2.24, 2.45) is 0 Å². The van der Waals surface area contributed by atoms with Gasteiger partial charge >= 0.3 is 5.97 Å². The molecular weight excluding hydrogens is 240 g/mol. The molecule has 0 aromatic rings. The molecule has 2 fully saturated rings. The first-order chi connectivity index (χ1) is 6.13. The fourth-order valence-electron chi connectivity index (χ4n) is 1.72. The fourth-order valence-corrected chi connectivity index (χ4v) is 2.38. The molecule has 0 radical (unpaired) electrons. The van der Waals surface area contributed by atoms with E-state index in [9.17, 15) is 4.79 Å². The monoisotopic (exact) mass is 250 g/mol. The maximum Gasteiger partial charge on any atom is 0.303 e. The van der Waals surface area contributed by atoms with Crippen molar-refractivity contribution in [3.05, 3.63) is 0 Å². The molecular formula is C8H11BrO4. The van der Waals surface area contributed by atoms with Crippen LogP contribution in [0.5, 0.6) is 0 Å². The molecule has 4 nitrogen and oxygen atoms in total. The van der Waals surface area contributed by atoms with Crippen LogP contribution < -0.4 is 0 Å². The molecule has 2 saturated heterocycles. The van der Waals surface area contributed by atoms with Crippen LogP contribution in [0.15, 0.2) is 0 Å². The Kier molecular flexibility index (Phi) is 2.33. The number of carbonyl (C=O) groups is 1. The molecule has 2 rings (SSSR count). The number of carbonyl (C=O) groups excluding carboxylic acids is 1. The third-order valence-corrected chi connectivity index (χ3v) is 3.67. The van der Waals surface area contributed by atoms with Crippen LogP contribution in [0.1, 0.15) is 13.3 Å². The second-order valence-corrected chi connectivity index (χ2v) is 4.79. The first-order valence-corrected chi connectivity index (χ1v) is 5.01. The van der Waals surface area contributed by atoms with Crippen LogP contribution in [0.25, 0.3) is 0 Å². The minimum atomic E-state index is -0.321. The topological polar surface area (TPSA) is 44.8 Å². The molecule has 2 aliphatic rings. The molecule has 0 spiro atoms. The van der Waals surface area contributed by atoms with Crippen molar-refractivity contribution >= 4 is 21.9 Å². The van der Waals surface area contributed by atoms with Crippen molar-refractivity contribution in [2.75, 3.05) is 13.2 Å². The van der Waals surface area contributed by atoms with Crippen molar-refractivity contribution in [3.63, 3.8) is 0 Å². The van der Waals surface area contributed by atoms with Gasteiger partial charge in [0, 0.05) is 6.92 Å². The predicted molar refractivity (Wildman–Crippen MR) is 47.5 cm³/mol. The molecule has 0 N–H and O–H groups in total. The lowest BCUT2D eigenvalue weighted by molar-refractivity contribution is -0.147. The van der Waals surface area contributed by atoms with Crippen LogP contribution in [0.3, 0.4) is 0 Å². The third-order valence-electron chi connectivity index (χ3n) is 2.39. The van der Waals surface area contributed by atoms with E-state index < -0.39 is 0 Å². The molecule has 0 amide bonds. The van der Waals surface area contributed by atoms with Crippen LogP contribution in [-0.4, -0.2) is 35.9 Å². The van der Waals surface area contributed by atoms with Crippen molar-refractivity contribution < 1.29 is 19.0 Å². The highest BCUT2D eigenvalue weighted by Gasteiger charge is 2.55. The van der Waals surface area contributed by atoms with Gasteiger partial charge in [-0.1, -0.05) is 15.9 Å². The van der Waals surface area contributed by atoms with Gasteiger partial charge in [0.25, 0.3) is 0 Å². The van der Waals surface area contributed by atoms with Crippen LogP contribution in [-0.2, 0) is 19.0 Å². The smallest absolute Gasteiger partial charge is 0.303 e. The molecule has 0 aromatic carbocycles. The quantitative estimate of drug-likeness (QED) is 0.511. The van der Waals surface area contributed by atoms with Gasteiger partial charge < -0.3 is 14.2 Å². The summed E-state index contributed by atoms with van der Waals surface area (Å²) in [5, 5.41) is 0. The Bertz CT molecular complexity index is 232. The van der Waals surface area contributed by atoms with E-state index in [1.807, 2.05) is 0 Å². The number of halogens is 1. The van der Waals surface area contributed by atoms with E-state index in [1.165, 1.54) is 6.92 Å². The number of hydrogen-bond donors (Lipinski definition) is 0. The van der Waals surface area contributed by atoms with E-state index in [0.717, 1.165) is 6.42 Å². The lowest BCUT2D eigenvalue weighted by Gasteiger charge is -2.24. The van der Waals surface area contributed by atoms with E-state index in [4.69, 9.17) is 14.2 Å². The molecule has 5 heteroatoms. The Morgan fingerprint density at radius 1 is 1.62 bits per heavy atom. The minimum Gasteiger partial charge on any atom is -0.458 e. The normalized spacial score (nSPS) is 43.2. The SMILES string of the molecule is CC(=O)O[C@@H]1CO[C@@H]2OCC[C@@]21Br. The summed E-state index contributed by atoms with van der Waals surface area (Å²) < 4.78 is 15.5. The zero-order valence-electron chi connectivity index (χ0n) is 7.29. The van der Waals surface area contributed by atoms with E-state index in [0.29, 0.717) is 13.2 Å². The van der Waals surface area contributed by atoms with Gasteiger partial charge in [-0.2, -0.15) is 0 Å². The largest absolute Gasteiger partial charge is 0.458 e. The second-order valence-electron chi connectivity index (χ2n) is 3.31. The van der Waals surface area contributed by atoms with Crippen molar-refractivity contribution in [2.45, 2.75) is 30.1 Å². The van der Waals surface area contributed by atoms with Gasteiger partial charge in [-0.25, -0.2) is 0 Å². The summed E-state index contributed by atoms with van der Waals surface area (Å²) in [6.45, 7) is 2.46. The van der Waals surface area contributed by atoms with Crippen molar-refractivity contribution in [1.82, 2.24) is 0 Å². The summed E-state index contributed by atoms with van der Waals surface area (Å²) in [5.41, 5.74) is 0. The molecule has 2 heterocycles. The minimum absolute atomic E-state index is 0.225. The lowest BCUT2D eigenvalue weighted by Crippen LogP contribution is -2.39. The zero-order valence-corrected chi connectivity index (χ0v) is 8.87. The van der Waals surface area contributed by atoms with Crippen molar-refractivity contribution in [1.29, 1.82) is 0 Å². The molecule has 0 bridgehead atoms. The number of hydrogen-bond acceptors (Lipinski definition) is 4. The maximum atomic E-state index is 10.8. The van der Waals surface area contributed by atoms with E-state index in [-0.39, 0.29) is 22.7 Å². The zero-order chi connectivity index (χ0) is 9.47. The molecule has 2 aliphatic heterocycles. The first kappa shape index (κ1) is 9.43. The Labute approximate surface area is 84.7 Å². The first-order valence-electron chi connectivity index (χ1n) is 4.22.